The molecule has 0 amide bonds. The highest BCUT2D eigenvalue weighted by Crippen LogP contribution is 2.24. The Morgan fingerprint density at radius 1 is 1.43 bits per heavy atom. The van der Waals surface area contributed by atoms with Crippen LogP contribution in [0.4, 0.5) is 0 Å². The maximum atomic E-state index is 5.41. The van der Waals surface area contributed by atoms with E-state index in [0.717, 1.165) is 10.3 Å². The number of ether oxygens (including phenoxy) is 2. The number of rotatable bonds is 4. The van der Waals surface area contributed by atoms with Gasteiger partial charge in [0.15, 0.2) is 0 Å². The van der Waals surface area contributed by atoms with Crippen molar-refractivity contribution in [2.75, 3.05) is 20.8 Å². The van der Waals surface area contributed by atoms with Crippen molar-refractivity contribution < 1.29 is 9.47 Å². The Morgan fingerprint density at radius 3 is 2.64 bits per heavy atom. The summed E-state index contributed by atoms with van der Waals surface area (Å²) in [4.78, 5) is 4.35. The fraction of sp³-hybridized carbons (Fsp3) is 0.500. The highest BCUT2D eigenvalue weighted by Gasteiger charge is 2.27. The summed E-state index contributed by atoms with van der Waals surface area (Å²) >= 11 is 3.33. The Hall–Kier alpha value is -0.450. The van der Waals surface area contributed by atoms with Crippen molar-refractivity contribution >= 4 is 15.9 Å². The molecule has 0 fully saturated rings. The van der Waals surface area contributed by atoms with Crippen LogP contribution in [0.3, 0.4) is 0 Å². The molecule has 14 heavy (non-hydrogen) atoms. The van der Waals surface area contributed by atoms with Gasteiger partial charge >= 0.3 is 0 Å². The summed E-state index contributed by atoms with van der Waals surface area (Å²) in [5, 5.41) is 0. The van der Waals surface area contributed by atoms with Crippen LogP contribution in [-0.2, 0) is 15.1 Å². The van der Waals surface area contributed by atoms with Gasteiger partial charge in [0, 0.05) is 14.2 Å². The third kappa shape index (κ3) is 2.53. The largest absolute Gasteiger partial charge is 0.381 e. The van der Waals surface area contributed by atoms with Gasteiger partial charge in [-0.25, -0.2) is 4.98 Å². The molecule has 1 atom stereocenters. The molecule has 1 rings (SSSR count). The lowest BCUT2D eigenvalue weighted by molar-refractivity contribution is -0.0585. The SMILES string of the molecule is COCC(C)(OC)c1cccc(Br)n1. The molecule has 3 nitrogen and oxygen atoms in total. The molecule has 4 heteroatoms. The molecular formula is C10H14BrNO2. The van der Waals surface area contributed by atoms with E-state index in [9.17, 15) is 0 Å². The lowest BCUT2D eigenvalue weighted by Crippen LogP contribution is -2.31. The second kappa shape index (κ2) is 4.87. The molecule has 1 aromatic rings. The van der Waals surface area contributed by atoms with Crippen molar-refractivity contribution in [3.63, 3.8) is 0 Å². The average Bonchev–Trinajstić information content (AvgIpc) is 2.18. The third-order valence-electron chi connectivity index (χ3n) is 2.13. The van der Waals surface area contributed by atoms with E-state index in [1.165, 1.54) is 0 Å². The van der Waals surface area contributed by atoms with Gasteiger partial charge in [-0.05, 0) is 35.0 Å². The van der Waals surface area contributed by atoms with Crippen molar-refractivity contribution in [3.8, 4) is 0 Å². The Labute approximate surface area is 92.6 Å². The first kappa shape index (κ1) is 11.6. The molecule has 0 saturated carbocycles. The molecule has 1 aromatic heterocycles. The van der Waals surface area contributed by atoms with Gasteiger partial charge < -0.3 is 9.47 Å². The maximum Gasteiger partial charge on any atom is 0.130 e. The standard InChI is InChI=1S/C10H14BrNO2/c1-10(14-3,7-13-2)8-5-4-6-9(11)12-8/h4-6H,7H2,1-3H3. The molecule has 1 unspecified atom stereocenters. The van der Waals surface area contributed by atoms with Gasteiger partial charge in [-0.15, -0.1) is 0 Å². The first-order chi connectivity index (χ1) is 6.62. The highest BCUT2D eigenvalue weighted by molar-refractivity contribution is 9.10. The molecule has 0 bridgehead atoms. The van der Waals surface area contributed by atoms with Crippen molar-refractivity contribution in [2.24, 2.45) is 0 Å². The van der Waals surface area contributed by atoms with Gasteiger partial charge in [0.25, 0.3) is 0 Å². The predicted octanol–water partition coefficient (Wildman–Crippen LogP) is 2.35. The molecule has 0 saturated heterocycles. The molecule has 0 aliphatic carbocycles. The Morgan fingerprint density at radius 2 is 2.14 bits per heavy atom. The quantitative estimate of drug-likeness (QED) is 0.779. The summed E-state index contributed by atoms with van der Waals surface area (Å²) in [6.45, 7) is 2.43. The summed E-state index contributed by atoms with van der Waals surface area (Å²) in [5.74, 6) is 0. The van der Waals surface area contributed by atoms with Gasteiger partial charge in [0.2, 0.25) is 0 Å². The molecule has 1 heterocycles. The molecule has 78 valence electrons. The third-order valence-corrected chi connectivity index (χ3v) is 2.57. The normalized spacial score (nSPS) is 15.1. The van der Waals surface area contributed by atoms with E-state index >= 15 is 0 Å². The van der Waals surface area contributed by atoms with Crippen molar-refractivity contribution in [2.45, 2.75) is 12.5 Å². The summed E-state index contributed by atoms with van der Waals surface area (Å²) in [7, 11) is 3.30. The van der Waals surface area contributed by atoms with Gasteiger partial charge in [0.1, 0.15) is 10.2 Å². The Balaban J connectivity index is 2.99. The number of halogens is 1. The van der Waals surface area contributed by atoms with Gasteiger partial charge in [-0.1, -0.05) is 6.07 Å². The highest BCUT2D eigenvalue weighted by atomic mass is 79.9. The van der Waals surface area contributed by atoms with Crippen molar-refractivity contribution in [3.05, 3.63) is 28.5 Å². The maximum absolute atomic E-state index is 5.41. The Bertz CT molecular complexity index is 306. The first-order valence-electron chi connectivity index (χ1n) is 4.29. The lowest BCUT2D eigenvalue weighted by atomic mass is 10.0. The van der Waals surface area contributed by atoms with Crippen LogP contribution in [0.15, 0.2) is 22.8 Å². The molecule has 0 radical (unpaired) electrons. The zero-order valence-electron chi connectivity index (χ0n) is 8.58. The summed E-state index contributed by atoms with van der Waals surface area (Å²) in [6.07, 6.45) is 0. The number of aromatic nitrogens is 1. The molecule has 0 aliphatic heterocycles. The van der Waals surface area contributed by atoms with Gasteiger partial charge in [-0.2, -0.15) is 0 Å². The topological polar surface area (TPSA) is 31.4 Å². The average molecular weight is 260 g/mol. The lowest BCUT2D eigenvalue weighted by Gasteiger charge is -2.26. The molecule has 0 spiro atoms. The van der Waals surface area contributed by atoms with Crippen LogP contribution >= 0.6 is 15.9 Å². The summed E-state index contributed by atoms with van der Waals surface area (Å²) < 4.78 is 11.3. The minimum atomic E-state index is -0.488. The minimum Gasteiger partial charge on any atom is -0.381 e. The van der Waals surface area contributed by atoms with E-state index in [-0.39, 0.29) is 0 Å². The summed E-state index contributed by atoms with van der Waals surface area (Å²) in [5.41, 5.74) is 0.370. The smallest absolute Gasteiger partial charge is 0.130 e. The van der Waals surface area contributed by atoms with Crippen LogP contribution in [0.2, 0.25) is 0 Å². The zero-order valence-corrected chi connectivity index (χ0v) is 10.2. The van der Waals surface area contributed by atoms with Crippen LogP contribution in [-0.4, -0.2) is 25.8 Å². The van der Waals surface area contributed by atoms with Gasteiger partial charge in [0.05, 0.1) is 12.3 Å². The molecule has 0 aliphatic rings. The predicted molar refractivity (Wildman–Crippen MR) is 58.2 cm³/mol. The van der Waals surface area contributed by atoms with Crippen LogP contribution in [0.5, 0.6) is 0 Å². The van der Waals surface area contributed by atoms with E-state index in [1.807, 2.05) is 25.1 Å². The van der Waals surface area contributed by atoms with E-state index < -0.39 is 5.60 Å². The number of methoxy groups -OCH3 is 2. The number of hydrogen-bond acceptors (Lipinski definition) is 3. The second-order valence-corrected chi connectivity index (χ2v) is 4.03. The number of nitrogens with zero attached hydrogens (tertiary/aromatic N) is 1. The fourth-order valence-corrected chi connectivity index (χ4v) is 1.56. The van der Waals surface area contributed by atoms with E-state index in [2.05, 4.69) is 20.9 Å². The van der Waals surface area contributed by atoms with Crippen LogP contribution in [0.1, 0.15) is 12.6 Å². The number of hydrogen-bond donors (Lipinski definition) is 0. The minimum absolute atomic E-state index is 0.479. The fourth-order valence-electron chi connectivity index (χ4n) is 1.22. The van der Waals surface area contributed by atoms with Crippen molar-refractivity contribution in [1.82, 2.24) is 4.98 Å². The monoisotopic (exact) mass is 259 g/mol. The van der Waals surface area contributed by atoms with E-state index in [4.69, 9.17) is 9.47 Å². The van der Waals surface area contributed by atoms with Gasteiger partial charge in [-0.3, -0.25) is 0 Å². The first-order valence-corrected chi connectivity index (χ1v) is 5.09. The Kier molecular flexibility index (Phi) is 4.04. The van der Waals surface area contributed by atoms with Crippen LogP contribution in [0.25, 0.3) is 0 Å². The second-order valence-electron chi connectivity index (χ2n) is 3.21. The summed E-state index contributed by atoms with van der Waals surface area (Å²) in [6, 6.07) is 5.74. The van der Waals surface area contributed by atoms with E-state index in [1.54, 1.807) is 14.2 Å². The molecule has 0 aromatic carbocycles. The van der Waals surface area contributed by atoms with Crippen LogP contribution in [0, 0.1) is 0 Å². The van der Waals surface area contributed by atoms with Crippen LogP contribution < -0.4 is 0 Å². The zero-order chi connectivity index (χ0) is 10.6. The molecule has 0 N–H and O–H groups in total. The van der Waals surface area contributed by atoms with E-state index in [0.29, 0.717) is 6.61 Å². The van der Waals surface area contributed by atoms with Crippen molar-refractivity contribution in [1.29, 1.82) is 0 Å². The number of pyridine rings is 1. The molecular weight excluding hydrogens is 246 g/mol.